The standard InChI is InChI=1S/C15H14ClN.C12H22N2/c1-2-10-7-8-12-14(9-10)17-13-6-4-3-5-11(13)15(12)16;1-4-5-6-10(2)14-11-7-12(14)9-13(3)8-11/h2,7-9H,1,3-6H2;11-12H,2,4-9H2,1,3H3. The molecule has 0 amide bonds. The summed E-state index contributed by atoms with van der Waals surface area (Å²) in [4.78, 5) is 9.78. The number of rotatable bonds is 5. The van der Waals surface area contributed by atoms with Crippen molar-refractivity contribution < 1.29 is 0 Å². The van der Waals surface area contributed by atoms with Crippen molar-refractivity contribution in [1.82, 2.24) is 14.8 Å². The van der Waals surface area contributed by atoms with Gasteiger partial charge in [0, 0.05) is 42.0 Å². The van der Waals surface area contributed by atoms with Gasteiger partial charge in [-0.1, -0.05) is 56.3 Å². The molecule has 3 aliphatic heterocycles. The van der Waals surface area contributed by atoms with Crippen LogP contribution in [0.4, 0.5) is 0 Å². The molecule has 0 N–H and O–H groups in total. The Morgan fingerprint density at radius 3 is 2.68 bits per heavy atom. The number of pyridine rings is 1. The van der Waals surface area contributed by atoms with E-state index in [2.05, 4.69) is 49.1 Å². The number of piperidine rings is 1. The van der Waals surface area contributed by atoms with Gasteiger partial charge in [-0.2, -0.15) is 0 Å². The average molecular weight is 438 g/mol. The van der Waals surface area contributed by atoms with Gasteiger partial charge < -0.3 is 9.80 Å². The Kier molecular flexibility index (Phi) is 7.03. The summed E-state index contributed by atoms with van der Waals surface area (Å²) >= 11 is 6.49. The van der Waals surface area contributed by atoms with Crippen molar-refractivity contribution in [2.24, 2.45) is 0 Å². The van der Waals surface area contributed by atoms with Crippen LogP contribution in [-0.4, -0.2) is 47.0 Å². The van der Waals surface area contributed by atoms with Crippen LogP contribution < -0.4 is 0 Å². The van der Waals surface area contributed by atoms with Crippen LogP contribution in [0.15, 0.2) is 37.1 Å². The molecule has 2 atom stereocenters. The minimum Gasteiger partial charge on any atom is -0.367 e. The van der Waals surface area contributed by atoms with E-state index < -0.39 is 0 Å². The predicted molar refractivity (Wildman–Crippen MR) is 134 cm³/mol. The van der Waals surface area contributed by atoms with Crippen LogP contribution in [-0.2, 0) is 12.8 Å². The smallest absolute Gasteiger partial charge is 0.0726 e. The van der Waals surface area contributed by atoms with Gasteiger partial charge in [-0.3, -0.25) is 4.98 Å². The van der Waals surface area contributed by atoms with Crippen molar-refractivity contribution >= 4 is 28.6 Å². The van der Waals surface area contributed by atoms with E-state index in [1.165, 1.54) is 68.6 Å². The SMILES string of the molecule is C=C(CCCC)N1C2CC1CN(C)C2.C=Cc1ccc2c(Cl)c3c(nc2c1)CCCC3. The largest absolute Gasteiger partial charge is 0.367 e. The van der Waals surface area contributed by atoms with Crippen LogP contribution in [0.2, 0.25) is 5.02 Å². The van der Waals surface area contributed by atoms with Crippen LogP contribution in [0.3, 0.4) is 0 Å². The van der Waals surface area contributed by atoms with E-state index in [4.69, 9.17) is 16.6 Å². The minimum atomic E-state index is 0.781. The molecule has 4 heterocycles. The Balaban J connectivity index is 0.000000152. The molecule has 1 aromatic heterocycles. The van der Waals surface area contributed by atoms with E-state index in [0.29, 0.717) is 0 Å². The second-order valence-electron chi connectivity index (χ2n) is 9.38. The third-order valence-electron chi connectivity index (χ3n) is 7.01. The lowest BCUT2D eigenvalue weighted by Gasteiger charge is -2.57. The van der Waals surface area contributed by atoms with E-state index in [1.807, 2.05) is 12.1 Å². The van der Waals surface area contributed by atoms with Gasteiger partial charge in [0.2, 0.25) is 0 Å². The molecular formula is C27H36ClN3. The van der Waals surface area contributed by atoms with Crippen LogP contribution in [0.25, 0.3) is 17.0 Å². The van der Waals surface area contributed by atoms with Gasteiger partial charge in [0.15, 0.2) is 0 Å². The van der Waals surface area contributed by atoms with Crippen LogP contribution in [0.1, 0.15) is 62.3 Å². The number of aromatic nitrogens is 1. The molecule has 3 nitrogen and oxygen atoms in total. The highest BCUT2D eigenvalue weighted by molar-refractivity contribution is 6.36. The number of halogens is 1. The number of allylic oxidation sites excluding steroid dienone is 1. The summed E-state index contributed by atoms with van der Waals surface area (Å²) in [6.45, 7) is 12.7. The first-order valence-corrected chi connectivity index (χ1v) is 12.3. The van der Waals surface area contributed by atoms with Gasteiger partial charge in [-0.25, -0.2) is 0 Å². The fourth-order valence-corrected chi connectivity index (χ4v) is 5.72. The predicted octanol–water partition coefficient (Wildman–Crippen LogP) is 6.49. The summed E-state index contributed by atoms with van der Waals surface area (Å²) in [5.74, 6) is 0. The first kappa shape index (κ1) is 22.4. The molecule has 1 aliphatic carbocycles. The number of fused-ring (bicyclic) bond motifs is 4. The Hall–Kier alpha value is -1.84. The first-order chi connectivity index (χ1) is 15.0. The fraction of sp³-hybridized carbons (Fsp3) is 0.519. The lowest BCUT2D eigenvalue weighted by Crippen LogP contribution is -2.67. The van der Waals surface area contributed by atoms with Crippen LogP contribution >= 0.6 is 11.6 Å². The third kappa shape index (κ3) is 4.68. The summed E-state index contributed by atoms with van der Waals surface area (Å²) < 4.78 is 0. The molecule has 3 fully saturated rings. The molecule has 31 heavy (non-hydrogen) atoms. The maximum atomic E-state index is 6.49. The zero-order valence-electron chi connectivity index (χ0n) is 19.2. The lowest BCUT2D eigenvalue weighted by molar-refractivity contribution is -0.0363. The quantitative estimate of drug-likeness (QED) is 0.532. The number of benzene rings is 1. The van der Waals surface area contributed by atoms with Crippen molar-refractivity contribution in [1.29, 1.82) is 0 Å². The summed E-state index contributed by atoms with van der Waals surface area (Å²) in [6, 6.07) is 7.71. The highest BCUT2D eigenvalue weighted by atomic mass is 35.5. The second-order valence-corrected chi connectivity index (χ2v) is 9.76. The summed E-state index contributed by atoms with van der Waals surface area (Å²) in [5.41, 5.74) is 5.93. The minimum absolute atomic E-state index is 0.781. The third-order valence-corrected chi connectivity index (χ3v) is 7.44. The molecule has 0 saturated carbocycles. The highest BCUT2D eigenvalue weighted by Crippen LogP contribution is 2.36. The number of unbranched alkanes of at least 4 members (excludes halogenated alkanes) is 1. The van der Waals surface area contributed by atoms with Crippen molar-refractivity contribution in [3.63, 3.8) is 0 Å². The molecular weight excluding hydrogens is 402 g/mol. The highest BCUT2D eigenvalue weighted by Gasteiger charge is 2.43. The zero-order valence-corrected chi connectivity index (χ0v) is 19.9. The van der Waals surface area contributed by atoms with E-state index in [-0.39, 0.29) is 0 Å². The lowest BCUT2D eigenvalue weighted by atomic mass is 9.86. The fourth-order valence-electron chi connectivity index (χ4n) is 5.36. The van der Waals surface area contributed by atoms with Crippen molar-refractivity contribution in [3.8, 4) is 0 Å². The summed E-state index contributed by atoms with van der Waals surface area (Å²) in [7, 11) is 2.23. The molecule has 6 rings (SSSR count). The Labute approximate surface area is 192 Å². The number of likely N-dealkylation sites (N-methyl/N-ethyl adjacent to an activating group) is 1. The molecule has 4 heteroatoms. The number of nitrogens with zero attached hydrogens (tertiary/aromatic N) is 3. The topological polar surface area (TPSA) is 19.4 Å². The van der Waals surface area contributed by atoms with E-state index in [0.717, 1.165) is 46.4 Å². The number of aryl methyl sites for hydroxylation is 1. The molecule has 4 aliphatic rings. The monoisotopic (exact) mass is 437 g/mol. The van der Waals surface area contributed by atoms with E-state index in [9.17, 15) is 0 Å². The van der Waals surface area contributed by atoms with Crippen molar-refractivity contribution in [2.45, 2.75) is 70.4 Å². The normalized spacial score (nSPS) is 22.2. The maximum absolute atomic E-state index is 6.49. The van der Waals surface area contributed by atoms with Gasteiger partial charge in [0.25, 0.3) is 0 Å². The Morgan fingerprint density at radius 2 is 1.97 bits per heavy atom. The molecule has 3 saturated heterocycles. The number of hydrogen-bond donors (Lipinski definition) is 0. The maximum Gasteiger partial charge on any atom is 0.0726 e. The van der Waals surface area contributed by atoms with Gasteiger partial charge in [0.05, 0.1) is 10.5 Å². The number of hydrogen-bond acceptors (Lipinski definition) is 3. The van der Waals surface area contributed by atoms with Gasteiger partial charge in [-0.05, 0) is 69.2 Å². The van der Waals surface area contributed by atoms with Crippen LogP contribution in [0.5, 0.6) is 0 Å². The first-order valence-electron chi connectivity index (χ1n) is 11.9. The van der Waals surface area contributed by atoms with Gasteiger partial charge in [0.1, 0.15) is 0 Å². The second kappa shape index (κ2) is 9.75. The molecule has 2 bridgehead atoms. The van der Waals surface area contributed by atoms with Crippen LogP contribution in [0, 0.1) is 0 Å². The van der Waals surface area contributed by atoms with Gasteiger partial charge in [-0.15, -0.1) is 0 Å². The van der Waals surface area contributed by atoms with E-state index >= 15 is 0 Å². The molecule has 1 aromatic carbocycles. The van der Waals surface area contributed by atoms with Gasteiger partial charge >= 0.3 is 0 Å². The molecule has 2 aromatic rings. The summed E-state index contributed by atoms with van der Waals surface area (Å²) in [6.07, 6.45) is 11.6. The molecule has 166 valence electrons. The molecule has 2 unspecified atom stereocenters. The van der Waals surface area contributed by atoms with Crippen molar-refractivity contribution in [2.75, 3.05) is 20.1 Å². The zero-order chi connectivity index (χ0) is 22.0. The molecule has 0 radical (unpaired) electrons. The number of piperazine rings is 1. The Bertz CT molecular complexity index is 955. The van der Waals surface area contributed by atoms with E-state index in [1.54, 1.807) is 0 Å². The molecule has 0 spiro atoms. The summed E-state index contributed by atoms with van der Waals surface area (Å²) in [5, 5.41) is 1.97. The Morgan fingerprint density at radius 1 is 1.23 bits per heavy atom. The average Bonchev–Trinajstić information content (AvgIpc) is 2.77. The van der Waals surface area contributed by atoms with Crippen molar-refractivity contribution in [3.05, 3.63) is 58.9 Å².